The molecule has 200 valence electrons. The Labute approximate surface area is 216 Å². The summed E-state index contributed by atoms with van der Waals surface area (Å²) in [5.41, 5.74) is 0.899. The number of hydrogen-bond acceptors (Lipinski definition) is 8. The maximum absolute atomic E-state index is 13.4. The summed E-state index contributed by atoms with van der Waals surface area (Å²) in [4.78, 5) is 57.0. The number of ketones is 1. The van der Waals surface area contributed by atoms with E-state index in [2.05, 4.69) is 4.90 Å². The van der Waals surface area contributed by atoms with E-state index in [9.17, 15) is 19.2 Å². The van der Waals surface area contributed by atoms with Crippen LogP contribution in [0.5, 0.6) is 11.5 Å². The van der Waals surface area contributed by atoms with Crippen LogP contribution in [0, 0.1) is 5.92 Å². The minimum atomic E-state index is -0.724. The van der Waals surface area contributed by atoms with Gasteiger partial charge in [0.1, 0.15) is 0 Å². The van der Waals surface area contributed by atoms with Crippen LogP contribution in [0.1, 0.15) is 24.0 Å². The molecule has 1 aromatic rings. The molecule has 4 rings (SSSR count). The maximum Gasteiger partial charge on any atom is 0.414 e. The molecule has 1 fully saturated rings. The summed E-state index contributed by atoms with van der Waals surface area (Å²) in [6.07, 6.45) is 1.18. The maximum atomic E-state index is 13.4. The highest BCUT2D eigenvalue weighted by Gasteiger charge is 2.57. The van der Waals surface area contributed by atoms with Crippen molar-refractivity contribution in [2.24, 2.45) is 5.92 Å². The quantitative estimate of drug-likeness (QED) is 0.605. The predicted molar refractivity (Wildman–Crippen MR) is 134 cm³/mol. The van der Waals surface area contributed by atoms with Crippen LogP contribution < -0.4 is 9.47 Å². The average Bonchev–Trinajstić information content (AvgIpc) is 2.82. The van der Waals surface area contributed by atoms with E-state index in [1.54, 1.807) is 54.4 Å². The Kier molecular flexibility index (Phi) is 6.93. The molecule has 3 aliphatic rings. The summed E-state index contributed by atoms with van der Waals surface area (Å²) in [6.45, 7) is 0.720. The van der Waals surface area contributed by atoms with Gasteiger partial charge in [0.25, 0.3) is 0 Å². The van der Waals surface area contributed by atoms with Crippen LogP contribution in [-0.4, -0.2) is 106 Å². The summed E-state index contributed by atoms with van der Waals surface area (Å²) in [6, 6.07) is 3.55. The molecule has 3 unspecified atom stereocenters. The van der Waals surface area contributed by atoms with Gasteiger partial charge in [-0.1, -0.05) is 6.07 Å². The highest BCUT2D eigenvalue weighted by atomic mass is 16.6. The number of benzene rings is 1. The van der Waals surface area contributed by atoms with Gasteiger partial charge in [-0.15, -0.1) is 0 Å². The lowest BCUT2D eigenvalue weighted by Crippen LogP contribution is -2.60. The van der Waals surface area contributed by atoms with E-state index in [0.717, 1.165) is 12.1 Å². The Balaban J connectivity index is 1.90. The molecule has 3 atom stereocenters. The number of carbonyl (C=O) groups excluding carboxylic acids is 4. The van der Waals surface area contributed by atoms with Gasteiger partial charge in [0.05, 0.1) is 0 Å². The van der Waals surface area contributed by atoms with Crippen molar-refractivity contribution in [1.29, 1.82) is 0 Å². The smallest absolute Gasteiger partial charge is 0.407 e. The molecule has 2 bridgehead atoms. The Morgan fingerprint density at radius 2 is 1.51 bits per heavy atom. The minimum absolute atomic E-state index is 0.0325. The molecule has 0 aromatic heterocycles. The van der Waals surface area contributed by atoms with Crippen LogP contribution in [-0.2, 0) is 21.4 Å². The summed E-state index contributed by atoms with van der Waals surface area (Å²) in [7, 11) is 11.4. The number of hydrogen-bond donors (Lipinski definition) is 0. The van der Waals surface area contributed by atoms with Gasteiger partial charge in [0.15, 0.2) is 23.0 Å². The second-order valence-electron chi connectivity index (χ2n) is 10.5. The van der Waals surface area contributed by atoms with Crippen LogP contribution in [0.15, 0.2) is 24.0 Å². The first-order valence-corrected chi connectivity index (χ1v) is 12.1. The largest absolute Gasteiger partial charge is 0.414 e. The summed E-state index contributed by atoms with van der Waals surface area (Å²) < 4.78 is 16.9. The van der Waals surface area contributed by atoms with Gasteiger partial charge in [-0.05, 0) is 44.1 Å². The number of ether oxygens (including phenoxy) is 3. The van der Waals surface area contributed by atoms with Crippen LogP contribution in [0.3, 0.4) is 0 Å². The molecule has 3 amide bonds. The number of likely N-dealkylation sites (tertiary alicyclic amines) is 1. The zero-order valence-electron chi connectivity index (χ0n) is 22.4. The van der Waals surface area contributed by atoms with Crippen LogP contribution in [0.4, 0.5) is 14.4 Å². The number of Topliss-reactive ketones (excluding diaryl/α,β-unsaturated/α-hetero) is 1. The molecule has 1 aromatic carbocycles. The van der Waals surface area contributed by atoms with Crippen molar-refractivity contribution < 1.29 is 33.4 Å². The molecule has 1 aliphatic heterocycles. The Morgan fingerprint density at radius 1 is 0.919 bits per heavy atom. The normalized spacial score (nSPS) is 24.2. The van der Waals surface area contributed by atoms with E-state index in [0.29, 0.717) is 18.4 Å². The monoisotopic (exact) mass is 514 g/mol. The zero-order valence-corrected chi connectivity index (χ0v) is 22.4. The van der Waals surface area contributed by atoms with Crippen molar-refractivity contribution in [3.63, 3.8) is 0 Å². The lowest BCUT2D eigenvalue weighted by atomic mass is 9.53. The third-order valence-electron chi connectivity index (χ3n) is 7.43. The van der Waals surface area contributed by atoms with Crippen molar-refractivity contribution >= 4 is 24.1 Å². The molecule has 11 nitrogen and oxygen atoms in total. The minimum Gasteiger partial charge on any atom is -0.407 e. The first-order valence-electron chi connectivity index (χ1n) is 12.1. The van der Waals surface area contributed by atoms with E-state index >= 15 is 0 Å². The molecule has 0 spiro atoms. The molecular formula is C26H34N4O7. The van der Waals surface area contributed by atoms with E-state index in [4.69, 9.17) is 14.2 Å². The molecule has 2 aliphatic carbocycles. The molecule has 37 heavy (non-hydrogen) atoms. The fourth-order valence-corrected chi connectivity index (χ4v) is 5.49. The molecule has 1 heterocycles. The highest BCUT2D eigenvalue weighted by Crippen LogP contribution is 2.58. The van der Waals surface area contributed by atoms with Crippen LogP contribution in [0.2, 0.25) is 0 Å². The Hall–Kier alpha value is -3.60. The summed E-state index contributed by atoms with van der Waals surface area (Å²) in [5, 5.41) is 0. The van der Waals surface area contributed by atoms with Crippen molar-refractivity contribution in [1.82, 2.24) is 19.6 Å². The number of amides is 3. The fourth-order valence-electron chi connectivity index (χ4n) is 5.49. The van der Waals surface area contributed by atoms with Crippen molar-refractivity contribution in [2.75, 3.05) is 55.9 Å². The van der Waals surface area contributed by atoms with Gasteiger partial charge in [-0.3, -0.25) is 4.79 Å². The van der Waals surface area contributed by atoms with E-state index in [-0.39, 0.29) is 41.4 Å². The molecule has 0 radical (unpaired) electrons. The number of fused-ring (bicyclic) bond motifs is 1. The van der Waals surface area contributed by atoms with Gasteiger partial charge >= 0.3 is 18.3 Å². The molecule has 0 N–H and O–H groups in total. The number of rotatable bonds is 3. The number of allylic oxidation sites excluding steroid dienone is 1. The number of piperidine rings is 1. The van der Waals surface area contributed by atoms with Gasteiger partial charge in [0.2, 0.25) is 0 Å². The second-order valence-corrected chi connectivity index (χ2v) is 10.5. The molecule has 1 saturated heterocycles. The van der Waals surface area contributed by atoms with E-state index in [1.807, 2.05) is 13.1 Å². The number of nitrogens with zero attached hydrogens (tertiary/aromatic N) is 4. The van der Waals surface area contributed by atoms with Gasteiger partial charge in [0, 0.05) is 71.6 Å². The van der Waals surface area contributed by atoms with E-state index in [1.165, 1.54) is 14.7 Å². The van der Waals surface area contributed by atoms with Gasteiger partial charge in [-0.2, -0.15) is 0 Å². The highest BCUT2D eigenvalue weighted by molar-refractivity contribution is 5.98. The average molecular weight is 515 g/mol. The first-order chi connectivity index (χ1) is 17.4. The van der Waals surface area contributed by atoms with Crippen molar-refractivity contribution in [2.45, 2.75) is 30.7 Å². The Bertz CT molecular complexity index is 1180. The molecular weight excluding hydrogens is 480 g/mol. The number of likely N-dealkylation sites (N-methyl/N-ethyl adjacent to an activating group) is 1. The molecule has 11 heteroatoms. The first kappa shape index (κ1) is 26.5. The van der Waals surface area contributed by atoms with E-state index < -0.39 is 23.7 Å². The summed E-state index contributed by atoms with van der Waals surface area (Å²) in [5.74, 6) is -0.208. The predicted octanol–water partition coefficient (Wildman–Crippen LogP) is 2.48. The second kappa shape index (κ2) is 9.70. The van der Waals surface area contributed by atoms with Gasteiger partial charge in [-0.25, -0.2) is 14.4 Å². The SMILES string of the molecule is CN(C)C(=O)OC1=CC2C3Cc4ccc(OC(=O)N(C)C)c(OC(=O)N(C)C)c4C2(CCN3C)CC1=O. The standard InChI is InChI=1S/C26H34N4O7/c1-27(2)23(32)35-19-9-8-15-12-17-16-13-20(36-24(33)28(3)4)18(31)14-26(16,10-11-30(17)7)21(15)22(19)37-25(34)29(5)6/h8-9,13,16-17H,10-12,14H2,1-7H3. The summed E-state index contributed by atoms with van der Waals surface area (Å²) >= 11 is 0. The lowest BCUT2D eigenvalue weighted by Gasteiger charge is -2.56. The van der Waals surface area contributed by atoms with Gasteiger partial charge < -0.3 is 33.8 Å². The van der Waals surface area contributed by atoms with Crippen molar-refractivity contribution in [3.05, 3.63) is 35.1 Å². The lowest BCUT2D eigenvalue weighted by molar-refractivity contribution is -0.122. The van der Waals surface area contributed by atoms with Crippen LogP contribution in [0.25, 0.3) is 0 Å². The molecule has 0 saturated carbocycles. The zero-order chi connectivity index (χ0) is 27.2. The third kappa shape index (κ3) is 4.63. The van der Waals surface area contributed by atoms with Crippen LogP contribution >= 0.6 is 0 Å². The third-order valence-corrected chi connectivity index (χ3v) is 7.43. The fraction of sp³-hybridized carbons (Fsp3) is 0.538. The topological polar surface area (TPSA) is 109 Å². The number of carbonyl (C=O) groups is 4. The van der Waals surface area contributed by atoms with Crippen molar-refractivity contribution in [3.8, 4) is 11.5 Å². The Morgan fingerprint density at radius 3 is 2.14 bits per heavy atom.